The molecule has 0 saturated carbocycles. The van der Waals surface area contributed by atoms with Crippen LogP contribution in [-0.4, -0.2) is 39.5 Å². The molecule has 1 saturated heterocycles. The zero-order valence-electron chi connectivity index (χ0n) is 14.0. The number of H-pyrrole nitrogens is 1. The van der Waals surface area contributed by atoms with Crippen LogP contribution in [0.3, 0.4) is 0 Å². The number of pyridine rings is 1. The van der Waals surface area contributed by atoms with Crippen LogP contribution in [0.25, 0.3) is 10.9 Å². The molecule has 124 valence electrons. The molecule has 4 rings (SSSR count). The quantitative estimate of drug-likeness (QED) is 0.778. The van der Waals surface area contributed by atoms with E-state index in [0.717, 1.165) is 46.6 Å². The Labute approximate surface area is 141 Å². The summed E-state index contributed by atoms with van der Waals surface area (Å²) in [5.41, 5.74) is 5.26. The summed E-state index contributed by atoms with van der Waals surface area (Å²) in [5.74, 6) is 0.194. The van der Waals surface area contributed by atoms with Gasteiger partial charge in [0, 0.05) is 41.5 Å². The van der Waals surface area contributed by atoms with Crippen molar-refractivity contribution in [3.05, 3.63) is 53.5 Å². The van der Waals surface area contributed by atoms with E-state index in [2.05, 4.69) is 38.3 Å². The normalized spacial score (nSPS) is 20.9. The smallest absolute Gasteiger partial charge is 0.0763 e. The number of fused-ring (bicyclic) bond motifs is 1. The number of nitrogens with zero attached hydrogens (tertiary/aromatic N) is 3. The molecule has 2 atom stereocenters. The van der Waals surface area contributed by atoms with Crippen LogP contribution >= 0.6 is 0 Å². The minimum atomic E-state index is -0.339. The summed E-state index contributed by atoms with van der Waals surface area (Å²) in [4.78, 5) is 6.90. The summed E-state index contributed by atoms with van der Waals surface area (Å²) in [6, 6.07) is 12.4. The number of hydrogen-bond acceptors (Lipinski definition) is 4. The van der Waals surface area contributed by atoms with Crippen molar-refractivity contribution in [2.24, 2.45) is 5.92 Å². The van der Waals surface area contributed by atoms with E-state index >= 15 is 0 Å². The SMILES string of the molecule is Cc1cc(N2C[C@@H](Cc3cc(C)[nH]n3)[C@@H](O)C2)c2ccccc2n1. The first kappa shape index (κ1) is 15.1. The van der Waals surface area contributed by atoms with E-state index in [1.807, 2.05) is 32.0 Å². The molecule has 5 nitrogen and oxygen atoms in total. The zero-order chi connectivity index (χ0) is 16.7. The first-order chi connectivity index (χ1) is 11.6. The van der Waals surface area contributed by atoms with Crippen molar-refractivity contribution < 1.29 is 5.11 Å². The summed E-state index contributed by atoms with van der Waals surface area (Å²) in [7, 11) is 0. The Morgan fingerprint density at radius 2 is 2.04 bits per heavy atom. The summed E-state index contributed by atoms with van der Waals surface area (Å²) in [6.45, 7) is 5.51. The van der Waals surface area contributed by atoms with Crippen molar-refractivity contribution in [1.29, 1.82) is 0 Å². The maximum Gasteiger partial charge on any atom is 0.0763 e. The zero-order valence-corrected chi connectivity index (χ0v) is 14.0. The molecule has 3 heterocycles. The predicted molar refractivity (Wildman–Crippen MR) is 95.2 cm³/mol. The van der Waals surface area contributed by atoms with Crippen LogP contribution in [0, 0.1) is 19.8 Å². The lowest BCUT2D eigenvalue weighted by Gasteiger charge is -2.21. The fourth-order valence-corrected chi connectivity index (χ4v) is 3.65. The highest BCUT2D eigenvalue weighted by Crippen LogP contribution is 2.32. The third-order valence-electron chi connectivity index (χ3n) is 4.80. The Morgan fingerprint density at radius 1 is 1.21 bits per heavy atom. The standard InChI is InChI=1S/C19H22N4O/c1-12-8-18(16-5-3-4-6-17(16)20-12)23-10-14(19(24)11-23)9-15-7-13(2)21-22-15/h3-8,14,19,24H,9-11H2,1-2H3,(H,21,22)/t14-,19+/m1/s1. The first-order valence-corrected chi connectivity index (χ1v) is 8.40. The third kappa shape index (κ3) is 2.76. The summed E-state index contributed by atoms with van der Waals surface area (Å²) < 4.78 is 0. The van der Waals surface area contributed by atoms with Crippen LogP contribution in [0.2, 0.25) is 0 Å². The van der Waals surface area contributed by atoms with E-state index < -0.39 is 0 Å². The highest BCUT2D eigenvalue weighted by molar-refractivity contribution is 5.92. The molecule has 0 aliphatic carbocycles. The van der Waals surface area contributed by atoms with Gasteiger partial charge in [-0.1, -0.05) is 18.2 Å². The second-order valence-corrected chi connectivity index (χ2v) is 6.78. The van der Waals surface area contributed by atoms with Crippen molar-refractivity contribution in [2.45, 2.75) is 26.4 Å². The highest BCUT2D eigenvalue weighted by atomic mass is 16.3. The lowest BCUT2D eigenvalue weighted by Crippen LogP contribution is -2.21. The molecule has 0 spiro atoms. The van der Waals surface area contributed by atoms with Crippen LogP contribution in [0.1, 0.15) is 17.1 Å². The van der Waals surface area contributed by atoms with Gasteiger partial charge in [0.2, 0.25) is 0 Å². The van der Waals surface area contributed by atoms with Crippen LogP contribution in [0.15, 0.2) is 36.4 Å². The Morgan fingerprint density at radius 3 is 2.83 bits per heavy atom. The maximum absolute atomic E-state index is 10.5. The number of aliphatic hydroxyl groups excluding tert-OH is 1. The molecule has 0 unspecified atom stereocenters. The highest BCUT2D eigenvalue weighted by Gasteiger charge is 2.32. The lowest BCUT2D eigenvalue weighted by molar-refractivity contribution is 0.148. The average molecular weight is 322 g/mol. The fraction of sp³-hybridized carbons (Fsp3) is 0.368. The minimum Gasteiger partial charge on any atom is -0.391 e. The van der Waals surface area contributed by atoms with Gasteiger partial charge in [-0.2, -0.15) is 5.10 Å². The van der Waals surface area contributed by atoms with Crippen molar-refractivity contribution in [2.75, 3.05) is 18.0 Å². The van der Waals surface area contributed by atoms with Gasteiger partial charge < -0.3 is 10.0 Å². The maximum atomic E-state index is 10.5. The van der Waals surface area contributed by atoms with Gasteiger partial charge in [0.25, 0.3) is 0 Å². The molecular weight excluding hydrogens is 300 g/mol. The molecule has 1 aliphatic heterocycles. The molecule has 0 radical (unpaired) electrons. The Bertz CT molecular complexity index is 873. The molecule has 1 aliphatic rings. The number of anilines is 1. The number of aromatic amines is 1. The van der Waals surface area contributed by atoms with Gasteiger partial charge in [0.05, 0.1) is 17.3 Å². The molecule has 1 aromatic carbocycles. The Balaban J connectivity index is 1.62. The lowest BCUT2D eigenvalue weighted by atomic mass is 10.00. The van der Waals surface area contributed by atoms with Crippen LogP contribution in [0.5, 0.6) is 0 Å². The number of β-amino-alcohol motifs (C(OH)–C–C–N with tert-alkyl or cyclic N) is 1. The predicted octanol–water partition coefficient (Wildman–Crippen LogP) is 2.61. The second kappa shape index (κ2) is 5.91. The van der Waals surface area contributed by atoms with E-state index in [1.54, 1.807) is 0 Å². The largest absolute Gasteiger partial charge is 0.391 e. The van der Waals surface area contributed by atoms with Crippen LogP contribution in [-0.2, 0) is 6.42 Å². The van der Waals surface area contributed by atoms with Gasteiger partial charge in [-0.3, -0.25) is 10.1 Å². The van der Waals surface area contributed by atoms with Gasteiger partial charge in [0.15, 0.2) is 0 Å². The Kier molecular flexibility index (Phi) is 3.73. The molecule has 24 heavy (non-hydrogen) atoms. The monoisotopic (exact) mass is 322 g/mol. The van der Waals surface area contributed by atoms with Gasteiger partial charge >= 0.3 is 0 Å². The van der Waals surface area contributed by atoms with E-state index in [-0.39, 0.29) is 12.0 Å². The van der Waals surface area contributed by atoms with E-state index in [4.69, 9.17) is 0 Å². The molecule has 5 heteroatoms. The molecular formula is C19H22N4O. The molecule has 0 amide bonds. The number of hydrogen-bond donors (Lipinski definition) is 2. The number of rotatable bonds is 3. The summed E-state index contributed by atoms with van der Waals surface area (Å²) >= 11 is 0. The molecule has 3 aromatic rings. The van der Waals surface area contributed by atoms with Gasteiger partial charge in [0.1, 0.15) is 0 Å². The topological polar surface area (TPSA) is 65.0 Å². The average Bonchev–Trinajstić information content (AvgIpc) is 3.13. The van der Waals surface area contributed by atoms with Crippen LogP contribution in [0.4, 0.5) is 5.69 Å². The van der Waals surface area contributed by atoms with Crippen LogP contribution < -0.4 is 4.90 Å². The Hall–Kier alpha value is -2.40. The van der Waals surface area contributed by atoms with E-state index in [0.29, 0.717) is 6.54 Å². The minimum absolute atomic E-state index is 0.194. The number of benzene rings is 1. The van der Waals surface area contributed by atoms with Gasteiger partial charge in [-0.15, -0.1) is 0 Å². The van der Waals surface area contributed by atoms with E-state index in [1.165, 1.54) is 0 Å². The number of aromatic nitrogens is 3. The number of aliphatic hydroxyl groups is 1. The van der Waals surface area contributed by atoms with Gasteiger partial charge in [-0.05, 0) is 38.5 Å². The van der Waals surface area contributed by atoms with Crippen molar-refractivity contribution in [1.82, 2.24) is 15.2 Å². The summed E-state index contributed by atoms with van der Waals surface area (Å²) in [6.07, 6.45) is 0.457. The molecule has 1 fully saturated rings. The number of nitrogens with one attached hydrogen (secondary N) is 1. The molecule has 2 N–H and O–H groups in total. The number of aryl methyl sites for hydroxylation is 2. The fourth-order valence-electron chi connectivity index (χ4n) is 3.65. The van der Waals surface area contributed by atoms with E-state index in [9.17, 15) is 5.11 Å². The van der Waals surface area contributed by atoms with Crippen molar-refractivity contribution >= 4 is 16.6 Å². The molecule has 0 bridgehead atoms. The van der Waals surface area contributed by atoms with Crippen molar-refractivity contribution in [3.63, 3.8) is 0 Å². The van der Waals surface area contributed by atoms with Gasteiger partial charge in [-0.25, -0.2) is 0 Å². The molecule has 2 aromatic heterocycles. The summed E-state index contributed by atoms with van der Waals surface area (Å²) in [5, 5.41) is 19.0. The first-order valence-electron chi connectivity index (χ1n) is 8.40. The van der Waals surface area contributed by atoms with Crippen molar-refractivity contribution in [3.8, 4) is 0 Å². The second-order valence-electron chi connectivity index (χ2n) is 6.78. The number of para-hydroxylation sites is 1. The third-order valence-corrected chi connectivity index (χ3v) is 4.80.